The minimum absolute atomic E-state index is 0.0136. The average molecular weight is 251 g/mol. The van der Waals surface area contributed by atoms with Crippen molar-refractivity contribution in [2.75, 3.05) is 0 Å². The molecule has 1 amide bonds. The lowest BCUT2D eigenvalue weighted by Crippen LogP contribution is -2.43. The van der Waals surface area contributed by atoms with Gasteiger partial charge in [-0.3, -0.25) is 4.79 Å². The van der Waals surface area contributed by atoms with E-state index >= 15 is 0 Å². The van der Waals surface area contributed by atoms with Crippen LogP contribution in [0.1, 0.15) is 48.1 Å². The van der Waals surface area contributed by atoms with E-state index in [0.717, 1.165) is 19.3 Å². The number of carboxylic acid groups (broad SMARTS) is 1. The third-order valence-electron chi connectivity index (χ3n) is 3.63. The number of furan rings is 1. The van der Waals surface area contributed by atoms with Crippen molar-refractivity contribution in [2.24, 2.45) is 5.41 Å². The second kappa shape index (κ2) is 4.48. The molecule has 1 aliphatic carbocycles. The number of aromatic carboxylic acids is 1. The Balaban J connectivity index is 1.96. The van der Waals surface area contributed by atoms with Gasteiger partial charge >= 0.3 is 5.97 Å². The third kappa shape index (κ3) is 2.25. The second-order valence-electron chi connectivity index (χ2n) is 5.08. The molecule has 0 radical (unpaired) electrons. The summed E-state index contributed by atoms with van der Waals surface area (Å²) in [6, 6.07) is 1.46. The van der Waals surface area contributed by atoms with Crippen LogP contribution >= 0.6 is 0 Å². The van der Waals surface area contributed by atoms with Gasteiger partial charge in [0.1, 0.15) is 17.1 Å². The summed E-state index contributed by atoms with van der Waals surface area (Å²) < 4.78 is 5.30. The fourth-order valence-electron chi connectivity index (χ4n) is 2.16. The third-order valence-corrected chi connectivity index (χ3v) is 3.63. The Bertz CT molecular complexity index is 485. The number of hydrogen-bond donors (Lipinski definition) is 2. The molecule has 0 aromatic carbocycles. The number of carboxylic acids is 1. The molecule has 1 aromatic heterocycles. The van der Waals surface area contributed by atoms with Crippen LogP contribution in [0.2, 0.25) is 0 Å². The Hall–Kier alpha value is -1.78. The van der Waals surface area contributed by atoms with Crippen molar-refractivity contribution < 1.29 is 19.1 Å². The summed E-state index contributed by atoms with van der Waals surface area (Å²) in [7, 11) is 0. The Morgan fingerprint density at radius 2 is 2.17 bits per heavy atom. The van der Waals surface area contributed by atoms with Gasteiger partial charge in [-0.1, -0.05) is 13.3 Å². The SMILES string of the molecule is Cc1oc(CNC(=O)C2(C)CCC2)cc1C(=O)O. The Labute approximate surface area is 105 Å². The lowest BCUT2D eigenvalue weighted by atomic mass is 9.70. The van der Waals surface area contributed by atoms with E-state index in [-0.39, 0.29) is 23.4 Å². The maximum Gasteiger partial charge on any atom is 0.339 e. The van der Waals surface area contributed by atoms with Gasteiger partial charge in [0, 0.05) is 5.41 Å². The number of carbonyl (C=O) groups excluding carboxylic acids is 1. The molecule has 1 fully saturated rings. The molecule has 5 nitrogen and oxygen atoms in total. The van der Waals surface area contributed by atoms with Crippen LogP contribution in [0.15, 0.2) is 10.5 Å². The molecule has 98 valence electrons. The molecule has 0 atom stereocenters. The monoisotopic (exact) mass is 251 g/mol. The van der Waals surface area contributed by atoms with Crippen LogP contribution in [0.25, 0.3) is 0 Å². The highest BCUT2D eigenvalue weighted by atomic mass is 16.4. The smallest absolute Gasteiger partial charge is 0.339 e. The van der Waals surface area contributed by atoms with E-state index in [1.54, 1.807) is 6.92 Å². The van der Waals surface area contributed by atoms with Gasteiger partial charge in [-0.15, -0.1) is 0 Å². The molecule has 0 unspecified atom stereocenters. The van der Waals surface area contributed by atoms with Crippen LogP contribution in [0.5, 0.6) is 0 Å². The van der Waals surface area contributed by atoms with Gasteiger partial charge in [0.05, 0.1) is 6.54 Å². The topological polar surface area (TPSA) is 79.5 Å². The molecule has 0 bridgehead atoms. The zero-order valence-corrected chi connectivity index (χ0v) is 10.6. The molecule has 18 heavy (non-hydrogen) atoms. The standard InChI is InChI=1S/C13H17NO4/c1-8-10(11(15)16)6-9(18-8)7-14-12(17)13(2)4-3-5-13/h6H,3-5,7H2,1-2H3,(H,14,17)(H,15,16). The summed E-state index contributed by atoms with van der Waals surface area (Å²) >= 11 is 0. The molecular weight excluding hydrogens is 234 g/mol. The first-order chi connectivity index (χ1) is 8.42. The number of carbonyl (C=O) groups is 2. The largest absolute Gasteiger partial charge is 0.478 e. The van der Waals surface area contributed by atoms with Gasteiger partial charge in [-0.2, -0.15) is 0 Å². The summed E-state index contributed by atoms with van der Waals surface area (Å²) in [6.07, 6.45) is 2.92. The second-order valence-corrected chi connectivity index (χ2v) is 5.08. The fraction of sp³-hybridized carbons (Fsp3) is 0.538. The lowest BCUT2D eigenvalue weighted by Gasteiger charge is -2.36. The van der Waals surface area contributed by atoms with Crippen molar-refractivity contribution in [1.29, 1.82) is 0 Å². The van der Waals surface area contributed by atoms with Crippen LogP contribution in [0, 0.1) is 12.3 Å². The van der Waals surface area contributed by atoms with E-state index in [4.69, 9.17) is 9.52 Å². The zero-order valence-electron chi connectivity index (χ0n) is 10.6. The van der Waals surface area contributed by atoms with Crippen molar-refractivity contribution in [1.82, 2.24) is 5.32 Å². The molecule has 0 aliphatic heterocycles. The van der Waals surface area contributed by atoms with Gasteiger partial charge in [-0.05, 0) is 25.8 Å². The highest BCUT2D eigenvalue weighted by molar-refractivity contribution is 5.89. The first kappa shape index (κ1) is 12.7. The Kier molecular flexibility index (Phi) is 3.15. The van der Waals surface area contributed by atoms with Gasteiger partial charge in [-0.25, -0.2) is 4.79 Å². The summed E-state index contributed by atoms with van der Waals surface area (Å²) in [5.41, 5.74) is -0.105. The normalized spacial score (nSPS) is 17.0. The number of nitrogens with one attached hydrogen (secondary N) is 1. The van der Waals surface area contributed by atoms with E-state index in [1.165, 1.54) is 6.07 Å². The number of hydrogen-bond acceptors (Lipinski definition) is 3. The predicted molar refractivity (Wildman–Crippen MR) is 64.2 cm³/mol. The van der Waals surface area contributed by atoms with Crippen molar-refractivity contribution in [3.05, 3.63) is 23.2 Å². The minimum Gasteiger partial charge on any atom is -0.478 e. The van der Waals surface area contributed by atoms with Gasteiger partial charge in [0.2, 0.25) is 5.91 Å². The number of rotatable bonds is 4. The van der Waals surface area contributed by atoms with Crippen molar-refractivity contribution >= 4 is 11.9 Å². The highest BCUT2D eigenvalue weighted by Crippen LogP contribution is 2.40. The van der Waals surface area contributed by atoms with E-state index < -0.39 is 5.97 Å². The number of amides is 1. The van der Waals surface area contributed by atoms with Gasteiger partial charge < -0.3 is 14.8 Å². The van der Waals surface area contributed by atoms with Gasteiger partial charge in [0.15, 0.2) is 0 Å². The van der Waals surface area contributed by atoms with Gasteiger partial charge in [0.25, 0.3) is 0 Å². The van der Waals surface area contributed by atoms with Crippen molar-refractivity contribution in [3.63, 3.8) is 0 Å². The summed E-state index contributed by atoms with van der Waals surface area (Å²) in [6.45, 7) is 3.78. The first-order valence-electron chi connectivity index (χ1n) is 6.03. The summed E-state index contributed by atoms with van der Waals surface area (Å²) in [5.74, 6) is -0.165. The van der Waals surface area contributed by atoms with Crippen LogP contribution in [-0.4, -0.2) is 17.0 Å². The average Bonchev–Trinajstić information content (AvgIpc) is 2.64. The molecule has 0 spiro atoms. The molecule has 2 N–H and O–H groups in total. The van der Waals surface area contributed by atoms with Crippen molar-refractivity contribution in [3.8, 4) is 0 Å². The summed E-state index contributed by atoms with van der Waals surface area (Å²) in [4.78, 5) is 22.7. The highest BCUT2D eigenvalue weighted by Gasteiger charge is 2.39. The molecule has 1 heterocycles. The molecule has 1 aliphatic rings. The number of aryl methyl sites for hydroxylation is 1. The quantitative estimate of drug-likeness (QED) is 0.858. The Morgan fingerprint density at radius 3 is 2.61 bits per heavy atom. The minimum atomic E-state index is -1.01. The molecule has 5 heteroatoms. The first-order valence-corrected chi connectivity index (χ1v) is 6.03. The molecule has 2 rings (SSSR count). The van der Waals surface area contributed by atoms with E-state index in [0.29, 0.717) is 11.5 Å². The maximum absolute atomic E-state index is 11.9. The maximum atomic E-state index is 11.9. The van der Waals surface area contributed by atoms with Crippen molar-refractivity contribution in [2.45, 2.75) is 39.7 Å². The lowest BCUT2D eigenvalue weighted by molar-refractivity contribution is -0.134. The van der Waals surface area contributed by atoms with Crippen LogP contribution < -0.4 is 5.32 Å². The molecule has 0 saturated heterocycles. The van der Waals surface area contributed by atoms with E-state index in [9.17, 15) is 9.59 Å². The molecule has 1 saturated carbocycles. The zero-order chi connectivity index (χ0) is 13.3. The summed E-state index contributed by atoms with van der Waals surface area (Å²) in [5, 5.41) is 11.7. The van der Waals surface area contributed by atoms with E-state index in [2.05, 4.69) is 5.32 Å². The molecular formula is C13H17NO4. The fourth-order valence-corrected chi connectivity index (χ4v) is 2.16. The van der Waals surface area contributed by atoms with Crippen LogP contribution in [-0.2, 0) is 11.3 Å². The predicted octanol–water partition coefficient (Wildman–Crippen LogP) is 2.09. The van der Waals surface area contributed by atoms with Crippen LogP contribution in [0.3, 0.4) is 0 Å². The molecule has 1 aromatic rings. The van der Waals surface area contributed by atoms with Crippen LogP contribution in [0.4, 0.5) is 0 Å². The van der Waals surface area contributed by atoms with E-state index in [1.807, 2.05) is 6.92 Å². The Morgan fingerprint density at radius 1 is 1.50 bits per heavy atom.